The van der Waals surface area contributed by atoms with Crippen molar-refractivity contribution >= 4 is 15.9 Å². The van der Waals surface area contributed by atoms with Crippen LogP contribution in [0.4, 0.5) is 0 Å². The maximum atomic E-state index is 5.19. The summed E-state index contributed by atoms with van der Waals surface area (Å²) >= 11 is 3.42. The van der Waals surface area contributed by atoms with E-state index in [4.69, 9.17) is 4.74 Å². The standard InChI is InChI=1S/C10H13BrO/c1-3-4-8-5-6-9(11)10(7-8)12-2/h5-7H,3-4H2,1-2H3. The molecule has 1 aromatic carbocycles. The number of halogens is 1. The molecule has 0 amide bonds. The number of hydrogen-bond acceptors (Lipinski definition) is 1. The molecule has 0 bridgehead atoms. The molecule has 0 aromatic heterocycles. The van der Waals surface area contributed by atoms with Gasteiger partial charge in [0.2, 0.25) is 0 Å². The van der Waals surface area contributed by atoms with E-state index in [1.54, 1.807) is 7.11 Å². The summed E-state index contributed by atoms with van der Waals surface area (Å²) in [5.41, 5.74) is 1.33. The highest BCUT2D eigenvalue weighted by molar-refractivity contribution is 9.10. The van der Waals surface area contributed by atoms with Crippen molar-refractivity contribution in [3.63, 3.8) is 0 Å². The van der Waals surface area contributed by atoms with Crippen molar-refractivity contribution in [2.24, 2.45) is 0 Å². The average Bonchev–Trinajstić information content (AvgIpc) is 2.09. The Labute approximate surface area is 81.9 Å². The fraction of sp³-hybridized carbons (Fsp3) is 0.400. The molecule has 0 aliphatic rings. The van der Waals surface area contributed by atoms with Crippen LogP contribution in [0.5, 0.6) is 5.75 Å². The van der Waals surface area contributed by atoms with Gasteiger partial charge in [0.25, 0.3) is 0 Å². The van der Waals surface area contributed by atoms with Crippen LogP contribution in [0.2, 0.25) is 0 Å². The van der Waals surface area contributed by atoms with E-state index in [2.05, 4.69) is 35.0 Å². The lowest BCUT2D eigenvalue weighted by Crippen LogP contribution is -1.88. The van der Waals surface area contributed by atoms with Crippen molar-refractivity contribution in [2.45, 2.75) is 19.8 Å². The van der Waals surface area contributed by atoms with Gasteiger partial charge in [0.05, 0.1) is 11.6 Å². The maximum absolute atomic E-state index is 5.19. The van der Waals surface area contributed by atoms with Gasteiger partial charge < -0.3 is 4.74 Å². The topological polar surface area (TPSA) is 9.23 Å². The minimum atomic E-state index is 0.918. The minimum Gasteiger partial charge on any atom is -0.496 e. The van der Waals surface area contributed by atoms with Crippen molar-refractivity contribution in [1.29, 1.82) is 0 Å². The van der Waals surface area contributed by atoms with Gasteiger partial charge in [0.1, 0.15) is 5.75 Å². The molecule has 2 heteroatoms. The van der Waals surface area contributed by atoms with Gasteiger partial charge in [-0.25, -0.2) is 0 Å². The van der Waals surface area contributed by atoms with Crippen molar-refractivity contribution in [3.8, 4) is 5.75 Å². The summed E-state index contributed by atoms with van der Waals surface area (Å²) in [6, 6.07) is 6.23. The van der Waals surface area contributed by atoms with Gasteiger partial charge in [-0.15, -0.1) is 0 Å². The van der Waals surface area contributed by atoms with Crippen LogP contribution in [-0.4, -0.2) is 7.11 Å². The molecule has 0 aliphatic carbocycles. The van der Waals surface area contributed by atoms with E-state index in [1.165, 1.54) is 12.0 Å². The first-order valence-electron chi connectivity index (χ1n) is 4.10. The lowest BCUT2D eigenvalue weighted by atomic mass is 10.1. The predicted octanol–water partition coefficient (Wildman–Crippen LogP) is 3.41. The minimum absolute atomic E-state index is 0.918. The molecule has 0 aliphatic heterocycles. The second-order valence-corrected chi connectivity index (χ2v) is 3.57. The molecular formula is C10H13BrO. The van der Waals surface area contributed by atoms with Gasteiger partial charge in [0.15, 0.2) is 0 Å². The van der Waals surface area contributed by atoms with E-state index in [0.717, 1.165) is 16.6 Å². The molecule has 0 heterocycles. The van der Waals surface area contributed by atoms with E-state index >= 15 is 0 Å². The molecule has 66 valence electrons. The van der Waals surface area contributed by atoms with Crippen LogP contribution in [0.25, 0.3) is 0 Å². The third-order valence-electron chi connectivity index (χ3n) is 1.75. The normalized spacial score (nSPS) is 9.92. The SMILES string of the molecule is CCCc1ccc(Br)c(OC)c1. The fourth-order valence-electron chi connectivity index (χ4n) is 1.15. The average molecular weight is 229 g/mol. The Balaban J connectivity index is 2.89. The molecule has 1 rings (SSSR count). The third kappa shape index (κ3) is 2.24. The van der Waals surface area contributed by atoms with E-state index in [-0.39, 0.29) is 0 Å². The van der Waals surface area contributed by atoms with E-state index < -0.39 is 0 Å². The third-order valence-corrected chi connectivity index (χ3v) is 2.41. The summed E-state index contributed by atoms with van der Waals surface area (Å²) in [7, 11) is 1.69. The summed E-state index contributed by atoms with van der Waals surface area (Å²) in [5.74, 6) is 0.918. The van der Waals surface area contributed by atoms with Gasteiger partial charge in [-0.2, -0.15) is 0 Å². The molecule has 0 saturated heterocycles. The van der Waals surface area contributed by atoms with Gasteiger partial charge in [-0.1, -0.05) is 19.4 Å². The Kier molecular flexibility index (Phi) is 3.60. The summed E-state index contributed by atoms with van der Waals surface area (Å²) in [6.45, 7) is 2.18. The molecule has 12 heavy (non-hydrogen) atoms. The molecule has 0 radical (unpaired) electrons. The molecule has 0 unspecified atom stereocenters. The molecule has 0 N–H and O–H groups in total. The zero-order chi connectivity index (χ0) is 8.97. The molecule has 0 fully saturated rings. The number of methoxy groups -OCH3 is 1. The van der Waals surface area contributed by atoms with Crippen LogP contribution in [0.3, 0.4) is 0 Å². The van der Waals surface area contributed by atoms with Crippen LogP contribution in [-0.2, 0) is 6.42 Å². The molecule has 1 nitrogen and oxygen atoms in total. The zero-order valence-electron chi connectivity index (χ0n) is 7.43. The highest BCUT2D eigenvalue weighted by Gasteiger charge is 1.99. The smallest absolute Gasteiger partial charge is 0.133 e. The Hall–Kier alpha value is -0.500. The van der Waals surface area contributed by atoms with Gasteiger partial charge in [-0.3, -0.25) is 0 Å². The van der Waals surface area contributed by atoms with E-state index in [9.17, 15) is 0 Å². The van der Waals surface area contributed by atoms with Gasteiger partial charge in [-0.05, 0) is 40.0 Å². The number of hydrogen-bond donors (Lipinski definition) is 0. The predicted molar refractivity (Wildman–Crippen MR) is 54.7 cm³/mol. The molecular weight excluding hydrogens is 216 g/mol. The van der Waals surface area contributed by atoms with Crippen molar-refractivity contribution in [1.82, 2.24) is 0 Å². The van der Waals surface area contributed by atoms with Crippen LogP contribution >= 0.6 is 15.9 Å². The van der Waals surface area contributed by atoms with Crippen LogP contribution in [0.15, 0.2) is 22.7 Å². The first-order valence-corrected chi connectivity index (χ1v) is 4.89. The molecule has 1 aromatic rings. The first kappa shape index (κ1) is 9.59. The van der Waals surface area contributed by atoms with Gasteiger partial charge in [0, 0.05) is 0 Å². The van der Waals surface area contributed by atoms with Crippen LogP contribution in [0, 0.1) is 0 Å². The van der Waals surface area contributed by atoms with Crippen LogP contribution in [0.1, 0.15) is 18.9 Å². The monoisotopic (exact) mass is 228 g/mol. The number of aryl methyl sites for hydroxylation is 1. The quantitative estimate of drug-likeness (QED) is 0.771. The summed E-state index contributed by atoms with van der Waals surface area (Å²) < 4.78 is 6.20. The van der Waals surface area contributed by atoms with E-state index in [1.807, 2.05) is 6.07 Å². The largest absolute Gasteiger partial charge is 0.496 e. The van der Waals surface area contributed by atoms with E-state index in [0.29, 0.717) is 0 Å². The number of benzene rings is 1. The summed E-state index contributed by atoms with van der Waals surface area (Å²) in [4.78, 5) is 0. The lowest BCUT2D eigenvalue weighted by molar-refractivity contribution is 0.411. The van der Waals surface area contributed by atoms with Crippen molar-refractivity contribution < 1.29 is 4.74 Å². The van der Waals surface area contributed by atoms with Gasteiger partial charge >= 0.3 is 0 Å². The van der Waals surface area contributed by atoms with Crippen LogP contribution < -0.4 is 4.74 Å². The molecule has 0 spiro atoms. The summed E-state index contributed by atoms with van der Waals surface area (Å²) in [6.07, 6.45) is 2.29. The fourth-order valence-corrected chi connectivity index (χ4v) is 1.56. The lowest BCUT2D eigenvalue weighted by Gasteiger charge is -2.05. The summed E-state index contributed by atoms with van der Waals surface area (Å²) in [5, 5.41) is 0. The molecule has 0 atom stereocenters. The Morgan fingerprint density at radius 2 is 2.17 bits per heavy atom. The van der Waals surface area contributed by atoms with Crippen molar-refractivity contribution in [2.75, 3.05) is 7.11 Å². The Morgan fingerprint density at radius 1 is 1.42 bits per heavy atom. The maximum Gasteiger partial charge on any atom is 0.133 e. The zero-order valence-corrected chi connectivity index (χ0v) is 9.02. The number of rotatable bonds is 3. The second-order valence-electron chi connectivity index (χ2n) is 2.72. The van der Waals surface area contributed by atoms with Crippen molar-refractivity contribution in [3.05, 3.63) is 28.2 Å². The number of ether oxygens (including phenoxy) is 1. The Morgan fingerprint density at radius 3 is 2.75 bits per heavy atom. The molecule has 0 saturated carbocycles. The second kappa shape index (κ2) is 4.51. The highest BCUT2D eigenvalue weighted by atomic mass is 79.9. The first-order chi connectivity index (χ1) is 5.77. The Bertz CT molecular complexity index is 258. The highest BCUT2D eigenvalue weighted by Crippen LogP contribution is 2.25.